The van der Waals surface area contributed by atoms with E-state index in [1.807, 2.05) is 0 Å². The molecule has 0 aliphatic carbocycles. The number of carbonyl (C=O) groups excluding carboxylic acids is 2. The van der Waals surface area contributed by atoms with Gasteiger partial charge in [0.2, 0.25) is 5.91 Å². The third-order valence-electron chi connectivity index (χ3n) is 2.69. The summed E-state index contributed by atoms with van der Waals surface area (Å²) in [5, 5.41) is 7.59. The number of amides is 3. The van der Waals surface area contributed by atoms with Gasteiger partial charge in [0.15, 0.2) is 0 Å². The molecule has 0 aliphatic rings. The van der Waals surface area contributed by atoms with Gasteiger partial charge >= 0.3 is 6.03 Å². The minimum absolute atomic E-state index is 0.00753. The van der Waals surface area contributed by atoms with Crippen LogP contribution in [0.4, 0.5) is 20.6 Å². The maximum Gasteiger partial charge on any atom is 0.326 e. The lowest BCUT2D eigenvalue weighted by Crippen LogP contribution is -2.38. The van der Waals surface area contributed by atoms with Crippen molar-refractivity contribution >= 4 is 34.9 Å². The summed E-state index contributed by atoms with van der Waals surface area (Å²) in [6, 6.07) is 11.7. The highest BCUT2D eigenvalue weighted by molar-refractivity contribution is 6.33. The highest BCUT2D eigenvalue weighted by atomic mass is 35.5. The van der Waals surface area contributed by atoms with Gasteiger partial charge in [0.05, 0.1) is 22.9 Å². The first kappa shape index (κ1) is 15.8. The number of hydrogen-bond acceptors (Lipinski definition) is 3. The molecule has 0 unspecified atom stereocenters. The van der Waals surface area contributed by atoms with E-state index < -0.39 is 17.8 Å². The van der Waals surface area contributed by atoms with Crippen LogP contribution in [0.5, 0.6) is 0 Å². The van der Waals surface area contributed by atoms with Crippen LogP contribution >= 0.6 is 11.6 Å². The first-order valence-electron chi connectivity index (χ1n) is 6.40. The van der Waals surface area contributed by atoms with Crippen LogP contribution in [0.3, 0.4) is 0 Å². The second kappa shape index (κ2) is 7.42. The maximum atomic E-state index is 13.3. The molecule has 7 heteroatoms. The Hall–Kier alpha value is -2.60. The topological polar surface area (TPSA) is 70.2 Å². The number of carbonyl (C=O) groups is 2. The van der Waals surface area contributed by atoms with Crippen LogP contribution in [0.25, 0.3) is 0 Å². The van der Waals surface area contributed by atoms with Crippen molar-refractivity contribution in [2.45, 2.75) is 0 Å². The summed E-state index contributed by atoms with van der Waals surface area (Å²) < 4.78 is 13.3. The average Bonchev–Trinajstić information content (AvgIpc) is 2.49. The molecule has 0 heterocycles. The SMILES string of the molecule is O=C(CNc1ccccc1Cl)NC(=O)Nc1ccccc1F. The highest BCUT2D eigenvalue weighted by Gasteiger charge is 2.10. The van der Waals surface area contributed by atoms with E-state index in [0.29, 0.717) is 10.7 Å². The lowest BCUT2D eigenvalue weighted by Gasteiger charge is -2.09. The van der Waals surface area contributed by atoms with Crippen molar-refractivity contribution < 1.29 is 14.0 Å². The van der Waals surface area contributed by atoms with Crippen LogP contribution in [0.15, 0.2) is 48.5 Å². The molecule has 0 saturated heterocycles. The monoisotopic (exact) mass is 321 g/mol. The Balaban J connectivity index is 1.83. The van der Waals surface area contributed by atoms with Crippen LogP contribution in [0.1, 0.15) is 0 Å². The van der Waals surface area contributed by atoms with Gasteiger partial charge in [0.25, 0.3) is 0 Å². The van der Waals surface area contributed by atoms with Crippen LogP contribution in [0.2, 0.25) is 5.02 Å². The maximum absolute atomic E-state index is 13.3. The Bertz CT molecular complexity index is 694. The van der Waals surface area contributed by atoms with Gasteiger partial charge in [0, 0.05) is 0 Å². The van der Waals surface area contributed by atoms with Crippen molar-refractivity contribution in [3.05, 3.63) is 59.4 Å². The lowest BCUT2D eigenvalue weighted by atomic mass is 10.3. The third kappa shape index (κ3) is 4.46. The summed E-state index contributed by atoms with van der Waals surface area (Å²) in [4.78, 5) is 23.2. The number of benzene rings is 2. The van der Waals surface area contributed by atoms with Crippen molar-refractivity contribution in [2.24, 2.45) is 0 Å². The van der Waals surface area contributed by atoms with Gasteiger partial charge in [-0.3, -0.25) is 10.1 Å². The average molecular weight is 322 g/mol. The fourth-order valence-corrected chi connectivity index (χ4v) is 1.87. The normalized spacial score (nSPS) is 9.91. The molecule has 22 heavy (non-hydrogen) atoms. The quantitative estimate of drug-likeness (QED) is 0.809. The second-order valence-electron chi connectivity index (χ2n) is 4.32. The molecule has 3 N–H and O–H groups in total. The Labute approximate surface area is 131 Å². The van der Waals surface area contributed by atoms with Crippen LogP contribution < -0.4 is 16.0 Å². The molecular formula is C15H13ClFN3O2. The van der Waals surface area contributed by atoms with E-state index >= 15 is 0 Å². The van der Waals surface area contributed by atoms with E-state index in [1.54, 1.807) is 30.3 Å². The summed E-state index contributed by atoms with van der Waals surface area (Å²) in [7, 11) is 0. The van der Waals surface area contributed by atoms with E-state index in [2.05, 4.69) is 16.0 Å². The van der Waals surface area contributed by atoms with E-state index in [1.165, 1.54) is 18.2 Å². The number of hydrogen-bond donors (Lipinski definition) is 3. The Morgan fingerprint density at radius 1 is 1.00 bits per heavy atom. The van der Waals surface area contributed by atoms with Crippen molar-refractivity contribution in [1.29, 1.82) is 0 Å². The number of para-hydroxylation sites is 2. The van der Waals surface area contributed by atoms with E-state index in [0.717, 1.165) is 0 Å². The van der Waals surface area contributed by atoms with Crippen molar-refractivity contribution in [3.63, 3.8) is 0 Å². The first-order chi connectivity index (χ1) is 10.6. The summed E-state index contributed by atoms with van der Waals surface area (Å²) in [5.41, 5.74) is 0.570. The number of anilines is 2. The molecule has 0 aliphatic heterocycles. The smallest absolute Gasteiger partial charge is 0.326 e. The molecule has 5 nitrogen and oxygen atoms in total. The molecule has 114 valence electrons. The van der Waals surface area contributed by atoms with Gasteiger partial charge in [-0.25, -0.2) is 9.18 Å². The molecule has 3 amide bonds. The summed E-state index contributed by atoms with van der Waals surface area (Å²) in [5.74, 6) is -1.16. The molecule has 0 saturated carbocycles. The summed E-state index contributed by atoms with van der Waals surface area (Å²) >= 11 is 5.92. The van der Waals surface area contributed by atoms with Gasteiger partial charge in [0.1, 0.15) is 5.82 Å². The standard InChI is InChI=1S/C15H13ClFN3O2/c16-10-5-1-3-7-12(10)18-9-14(21)20-15(22)19-13-8-4-2-6-11(13)17/h1-8,18H,9H2,(H2,19,20,21,22). The van der Waals surface area contributed by atoms with E-state index in [4.69, 9.17) is 11.6 Å². The zero-order valence-electron chi connectivity index (χ0n) is 11.4. The predicted molar refractivity (Wildman–Crippen MR) is 83.5 cm³/mol. The zero-order valence-corrected chi connectivity index (χ0v) is 12.2. The second-order valence-corrected chi connectivity index (χ2v) is 4.72. The minimum atomic E-state index is -0.809. The third-order valence-corrected chi connectivity index (χ3v) is 3.02. The first-order valence-corrected chi connectivity index (χ1v) is 6.78. The van der Waals surface area contributed by atoms with Gasteiger partial charge in [-0.2, -0.15) is 0 Å². The van der Waals surface area contributed by atoms with Crippen LogP contribution in [-0.2, 0) is 4.79 Å². The fraction of sp³-hybridized carbons (Fsp3) is 0.0667. The molecule has 0 radical (unpaired) electrons. The molecule has 2 rings (SSSR count). The van der Waals surface area contributed by atoms with Crippen molar-refractivity contribution in [3.8, 4) is 0 Å². The Kier molecular flexibility index (Phi) is 5.32. The minimum Gasteiger partial charge on any atom is -0.375 e. The van der Waals surface area contributed by atoms with E-state index in [9.17, 15) is 14.0 Å². The molecule has 0 fully saturated rings. The van der Waals surface area contributed by atoms with Gasteiger partial charge in [-0.1, -0.05) is 35.9 Å². The van der Waals surface area contributed by atoms with Gasteiger partial charge < -0.3 is 10.6 Å². The lowest BCUT2D eigenvalue weighted by molar-refractivity contribution is -0.118. The molecular weight excluding hydrogens is 309 g/mol. The molecule has 2 aromatic carbocycles. The van der Waals surface area contributed by atoms with Gasteiger partial charge in [-0.05, 0) is 24.3 Å². The molecule has 0 spiro atoms. The number of halogens is 2. The predicted octanol–water partition coefficient (Wildman–Crippen LogP) is 3.24. The Morgan fingerprint density at radius 3 is 2.32 bits per heavy atom. The number of urea groups is 1. The molecule has 0 aromatic heterocycles. The molecule has 2 aromatic rings. The fourth-order valence-electron chi connectivity index (χ4n) is 1.67. The Morgan fingerprint density at radius 2 is 1.64 bits per heavy atom. The van der Waals surface area contributed by atoms with Crippen LogP contribution in [-0.4, -0.2) is 18.5 Å². The van der Waals surface area contributed by atoms with Crippen molar-refractivity contribution in [2.75, 3.05) is 17.2 Å². The van der Waals surface area contributed by atoms with Crippen LogP contribution in [0, 0.1) is 5.82 Å². The summed E-state index contributed by atoms with van der Waals surface area (Å²) in [6.07, 6.45) is 0. The number of imide groups is 1. The largest absolute Gasteiger partial charge is 0.375 e. The summed E-state index contributed by atoms with van der Waals surface area (Å²) in [6.45, 7) is -0.144. The molecule has 0 bridgehead atoms. The highest BCUT2D eigenvalue weighted by Crippen LogP contribution is 2.19. The number of nitrogens with one attached hydrogen (secondary N) is 3. The van der Waals surface area contributed by atoms with Gasteiger partial charge in [-0.15, -0.1) is 0 Å². The van der Waals surface area contributed by atoms with E-state index in [-0.39, 0.29) is 12.2 Å². The molecule has 0 atom stereocenters. The zero-order chi connectivity index (χ0) is 15.9. The van der Waals surface area contributed by atoms with Crippen molar-refractivity contribution in [1.82, 2.24) is 5.32 Å². The number of rotatable bonds is 4.